The van der Waals surface area contributed by atoms with E-state index in [1.165, 1.54) is 0 Å². The molecule has 0 spiro atoms. The maximum absolute atomic E-state index is 6.04. The normalized spacial score (nSPS) is 8.45. The summed E-state index contributed by atoms with van der Waals surface area (Å²) in [7, 11) is 1.69. The molecule has 0 aliphatic heterocycles. The Kier molecular flexibility index (Phi) is 24.7. The van der Waals surface area contributed by atoms with Crippen molar-refractivity contribution >= 4 is 23.2 Å². The predicted molar refractivity (Wildman–Crippen MR) is 102 cm³/mol. The first kappa shape index (κ1) is 26.5. The van der Waals surface area contributed by atoms with Crippen molar-refractivity contribution in [2.75, 3.05) is 20.3 Å². The van der Waals surface area contributed by atoms with Crippen LogP contribution in [0.5, 0.6) is 5.75 Å². The van der Waals surface area contributed by atoms with Gasteiger partial charge in [-0.25, -0.2) is 0 Å². The van der Waals surface area contributed by atoms with Crippen molar-refractivity contribution in [3.8, 4) is 5.75 Å². The summed E-state index contributed by atoms with van der Waals surface area (Å²) in [6.07, 6.45) is 1.89. The molecule has 0 atom stereocenters. The lowest BCUT2D eigenvalue weighted by atomic mass is 10.2. The lowest BCUT2D eigenvalue weighted by molar-refractivity contribution is 0.184. The quantitative estimate of drug-likeness (QED) is 0.504. The fraction of sp³-hybridized carbons (Fsp3) is 0.667. The van der Waals surface area contributed by atoms with Crippen molar-refractivity contribution in [3.63, 3.8) is 0 Å². The van der Waals surface area contributed by atoms with Gasteiger partial charge in [0.25, 0.3) is 0 Å². The molecule has 1 rings (SSSR count). The van der Waals surface area contributed by atoms with Crippen molar-refractivity contribution in [1.82, 2.24) is 0 Å². The average Bonchev–Trinajstić information content (AvgIpc) is 2.55. The molecule has 1 aromatic rings. The fourth-order valence-corrected chi connectivity index (χ4v) is 2.05. The maximum atomic E-state index is 6.04. The number of hydrogen-bond donors (Lipinski definition) is 0. The van der Waals surface area contributed by atoms with Crippen LogP contribution in [0.2, 0.25) is 10.0 Å². The predicted octanol–water partition coefficient (Wildman–Crippen LogP) is 7.19. The first-order chi connectivity index (χ1) is 10.6. The topological polar surface area (TPSA) is 18.5 Å². The molecule has 0 N–H and O–H groups in total. The minimum atomic E-state index is 0.566. The van der Waals surface area contributed by atoms with Gasteiger partial charge in [-0.1, -0.05) is 64.7 Å². The summed E-state index contributed by atoms with van der Waals surface area (Å²) in [5.74, 6) is 0.575. The molecule has 22 heavy (non-hydrogen) atoms. The molecule has 0 heterocycles. The highest BCUT2D eigenvalue weighted by Gasteiger charge is 2.07. The third-order valence-corrected chi connectivity index (χ3v) is 2.69. The number of aryl methyl sites for hydroxylation is 1. The lowest BCUT2D eigenvalue weighted by Gasteiger charge is -2.10. The van der Waals surface area contributed by atoms with Gasteiger partial charge in [0.2, 0.25) is 0 Å². The van der Waals surface area contributed by atoms with E-state index < -0.39 is 0 Å². The minimum absolute atomic E-state index is 0.566. The van der Waals surface area contributed by atoms with Crippen LogP contribution < -0.4 is 4.74 Å². The summed E-state index contributed by atoms with van der Waals surface area (Å²) in [6, 6.07) is 3.69. The highest BCUT2D eigenvalue weighted by molar-refractivity contribution is 6.37. The highest BCUT2D eigenvalue weighted by atomic mass is 35.5. The molecule has 0 fully saturated rings. The molecule has 0 aromatic heterocycles. The lowest BCUT2D eigenvalue weighted by Crippen LogP contribution is -2.00. The van der Waals surface area contributed by atoms with Crippen LogP contribution in [0.25, 0.3) is 0 Å². The molecule has 132 valence electrons. The molecule has 0 amide bonds. The smallest absolute Gasteiger partial charge is 0.156 e. The van der Waals surface area contributed by atoms with Gasteiger partial charge in [-0.3, -0.25) is 0 Å². The van der Waals surface area contributed by atoms with Gasteiger partial charge in [0.15, 0.2) is 5.75 Å². The van der Waals surface area contributed by atoms with Crippen molar-refractivity contribution in [3.05, 3.63) is 27.7 Å². The van der Waals surface area contributed by atoms with E-state index in [1.807, 2.05) is 60.6 Å². The highest BCUT2D eigenvalue weighted by Crippen LogP contribution is 2.34. The van der Waals surface area contributed by atoms with E-state index >= 15 is 0 Å². The Bertz CT molecular complexity index is 319. The monoisotopic (exact) mass is 352 g/mol. The molecular weight excluding hydrogens is 319 g/mol. The Balaban J connectivity index is -0.000000535. The summed E-state index contributed by atoms with van der Waals surface area (Å²) in [5, 5.41) is 1.13. The van der Waals surface area contributed by atoms with Gasteiger partial charge in [-0.2, -0.15) is 0 Å². The third kappa shape index (κ3) is 13.2. The fourth-order valence-electron chi connectivity index (χ4n) is 1.35. The van der Waals surface area contributed by atoms with Gasteiger partial charge >= 0.3 is 0 Å². The van der Waals surface area contributed by atoms with Crippen molar-refractivity contribution in [2.24, 2.45) is 0 Å². The van der Waals surface area contributed by atoms with E-state index in [2.05, 4.69) is 0 Å². The van der Waals surface area contributed by atoms with Gasteiger partial charge in [-0.05, 0) is 37.5 Å². The van der Waals surface area contributed by atoms with Gasteiger partial charge < -0.3 is 9.47 Å². The van der Waals surface area contributed by atoms with Crippen molar-refractivity contribution in [1.29, 1.82) is 0 Å². The van der Waals surface area contributed by atoms with Gasteiger partial charge in [0.05, 0.1) is 16.7 Å². The molecule has 1 aromatic carbocycles. The number of hydrogen-bond acceptors (Lipinski definition) is 2. The minimum Gasteiger partial charge on any atom is -0.490 e. The Morgan fingerprint density at radius 3 is 1.64 bits per heavy atom. The van der Waals surface area contributed by atoms with Gasteiger partial charge in [0.1, 0.15) is 0 Å². The van der Waals surface area contributed by atoms with Crippen LogP contribution in [0.3, 0.4) is 0 Å². The molecule has 0 aliphatic rings. The number of rotatable bonds is 6. The number of ether oxygens (including phenoxy) is 2. The molecule has 0 saturated carbocycles. The number of methoxy groups -OCH3 is 1. The van der Waals surface area contributed by atoms with Crippen LogP contribution in [-0.2, 0) is 4.74 Å². The first-order valence-electron chi connectivity index (χ1n) is 8.22. The SMILES string of the molecule is CC.CC.CC.COCCCCOc1c(Cl)cc(C)cc1Cl. The second-order valence-electron chi connectivity index (χ2n) is 3.61. The van der Waals surface area contributed by atoms with Crippen LogP contribution in [0.4, 0.5) is 0 Å². The van der Waals surface area contributed by atoms with E-state index in [4.69, 9.17) is 32.7 Å². The second kappa shape index (κ2) is 20.6. The molecular formula is C18H34Cl2O2. The van der Waals surface area contributed by atoms with E-state index in [0.717, 1.165) is 25.0 Å². The standard InChI is InChI=1S/C12H16Cl2O2.3C2H6/c1-9-7-10(13)12(11(14)8-9)16-6-4-3-5-15-2;3*1-2/h7-8H,3-6H2,1-2H3;3*1-2H3. The number of halogens is 2. The molecule has 2 nitrogen and oxygen atoms in total. The van der Waals surface area contributed by atoms with Crippen LogP contribution in [-0.4, -0.2) is 20.3 Å². The summed E-state index contributed by atoms with van der Waals surface area (Å²) in [6.45, 7) is 15.3. The molecule has 0 saturated heterocycles. The first-order valence-corrected chi connectivity index (χ1v) is 8.98. The Hall–Kier alpha value is -0.440. The second-order valence-corrected chi connectivity index (χ2v) is 4.42. The van der Waals surface area contributed by atoms with Crippen LogP contribution in [0.1, 0.15) is 59.9 Å². The zero-order valence-electron chi connectivity index (χ0n) is 15.6. The van der Waals surface area contributed by atoms with E-state index in [1.54, 1.807) is 7.11 Å². The van der Waals surface area contributed by atoms with E-state index in [-0.39, 0.29) is 0 Å². The largest absolute Gasteiger partial charge is 0.490 e. The van der Waals surface area contributed by atoms with E-state index in [9.17, 15) is 0 Å². The Morgan fingerprint density at radius 1 is 0.818 bits per heavy atom. The number of benzene rings is 1. The van der Waals surface area contributed by atoms with Crippen molar-refractivity contribution < 1.29 is 9.47 Å². The van der Waals surface area contributed by atoms with E-state index in [0.29, 0.717) is 22.4 Å². The molecule has 0 radical (unpaired) electrons. The summed E-state index contributed by atoms with van der Waals surface area (Å²) < 4.78 is 10.5. The van der Waals surface area contributed by atoms with Crippen LogP contribution in [0, 0.1) is 6.92 Å². The molecule has 4 heteroatoms. The van der Waals surface area contributed by atoms with Gasteiger partial charge in [-0.15, -0.1) is 0 Å². The van der Waals surface area contributed by atoms with Crippen LogP contribution in [0.15, 0.2) is 12.1 Å². The van der Waals surface area contributed by atoms with Crippen molar-refractivity contribution in [2.45, 2.75) is 61.3 Å². The maximum Gasteiger partial charge on any atom is 0.156 e. The average molecular weight is 353 g/mol. The zero-order chi connectivity index (χ0) is 18.0. The molecule has 0 aliphatic carbocycles. The summed E-state index contributed by atoms with van der Waals surface area (Å²) >= 11 is 12.1. The number of unbranched alkanes of at least 4 members (excludes halogenated alkanes) is 1. The molecule has 0 bridgehead atoms. The summed E-state index contributed by atoms with van der Waals surface area (Å²) in [4.78, 5) is 0. The Labute approximate surface area is 148 Å². The zero-order valence-corrected chi connectivity index (χ0v) is 17.1. The Morgan fingerprint density at radius 2 is 1.23 bits per heavy atom. The van der Waals surface area contributed by atoms with Gasteiger partial charge in [0, 0.05) is 13.7 Å². The molecule has 0 unspecified atom stereocenters. The summed E-state index contributed by atoms with van der Waals surface area (Å²) in [5.41, 5.74) is 1.03. The van der Waals surface area contributed by atoms with Crippen LogP contribution >= 0.6 is 23.2 Å². The third-order valence-electron chi connectivity index (χ3n) is 2.13.